The van der Waals surface area contributed by atoms with Crippen molar-refractivity contribution in [2.75, 3.05) is 5.43 Å². The number of benzene rings is 2. The van der Waals surface area contributed by atoms with Crippen LogP contribution in [0.3, 0.4) is 0 Å². The van der Waals surface area contributed by atoms with E-state index in [2.05, 4.69) is 17.1 Å². The van der Waals surface area contributed by atoms with Crippen LogP contribution in [0.15, 0.2) is 54.2 Å². The van der Waals surface area contributed by atoms with Crippen molar-refractivity contribution in [3.8, 4) is 5.75 Å². The maximum absolute atomic E-state index is 11.0. The number of phenols is 1. The molecule has 0 unspecified atom stereocenters. The Labute approximate surface area is 142 Å². The number of allylic oxidation sites excluding steroid dienone is 1. The number of anilines is 1. The zero-order valence-corrected chi connectivity index (χ0v) is 13.0. The average molecular weight is 342 g/mol. The lowest BCUT2D eigenvalue weighted by Crippen LogP contribution is -1.99. The Bertz CT molecular complexity index is 864. The van der Waals surface area contributed by atoms with Crippen molar-refractivity contribution in [1.29, 1.82) is 0 Å². The fourth-order valence-corrected chi connectivity index (χ4v) is 2.09. The molecule has 2 aromatic carbocycles. The van der Waals surface area contributed by atoms with Crippen molar-refractivity contribution >= 4 is 23.3 Å². The van der Waals surface area contributed by atoms with Crippen molar-refractivity contribution in [3.63, 3.8) is 0 Å². The van der Waals surface area contributed by atoms with Crippen LogP contribution in [0.2, 0.25) is 0 Å². The smallest absolute Gasteiger partial charge is 0.301 e. The van der Waals surface area contributed by atoms with Crippen molar-refractivity contribution in [1.82, 2.24) is 0 Å². The van der Waals surface area contributed by atoms with Crippen LogP contribution in [0.1, 0.15) is 11.1 Å². The molecule has 128 valence electrons. The van der Waals surface area contributed by atoms with Crippen molar-refractivity contribution in [2.24, 2.45) is 5.10 Å². The first-order valence-electron chi connectivity index (χ1n) is 7.07. The summed E-state index contributed by atoms with van der Waals surface area (Å²) in [5.41, 5.74) is 2.67. The number of hydrogen-bond acceptors (Lipinski definition) is 7. The molecule has 0 aliphatic rings. The lowest BCUT2D eigenvalue weighted by Gasteiger charge is -2.05. The summed E-state index contributed by atoms with van der Waals surface area (Å²) in [7, 11) is 0. The average Bonchev–Trinajstić information content (AvgIpc) is 2.58. The Balaban J connectivity index is 2.25. The third-order valence-corrected chi connectivity index (χ3v) is 3.29. The Hall–Kier alpha value is -3.75. The minimum atomic E-state index is -0.743. The molecule has 2 aromatic rings. The maximum Gasteiger partial charge on any atom is 0.301 e. The molecule has 0 radical (unpaired) electrons. The number of nitrogens with zero attached hydrogens (tertiary/aromatic N) is 3. The third kappa shape index (κ3) is 4.16. The van der Waals surface area contributed by atoms with E-state index >= 15 is 0 Å². The standard InChI is InChI=1S/C16H14N4O5/c1-2-4-11-5-3-6-12(16(11)21)10-17-18-14-8-7-13(19(22)23)9-15(14)20(24)25/h2-3,5-10,18,21H,1,4H2/b17-10-. The maximum atomic E-state index is 11.0. The van der Waals surface area contributed by atoms with Gasteiger partial charge in [-0.1, -0.05) is 18.2 Å². The second kappa shape index (κ2) is 7.68. The van der Waals surface area contributed by atoms with Gasteiger partial charge in [-0.05, 0) is 24.1 Å². The SMILES string of the molecule is C=CCc1cccc(/C=N\Nc2ccc([N+](=O)[O-])cc2[N+](=O)[O-])c1O. The number of para-hydroxylation sites is 1. The number of phenolic OH excluding ortho intramolecular Hbond substituents is 1. The van der Waals surface area contributed by atoms with Gasteiger partial charge in [-0.2, -0.15) is 5.10 Å². The summed E-state index contributed by atoms with van der Waals surface area (Å²) in [6, 6.07) is 8.27. The first-order chi connectivity index (χ1) is 11.9. The Kier molecular flexibility index (Phi) is 5.41. The molecule has 0 amide bonds. The Morgan fingerprint density at radius 2 is 1.96 bits per heavy atom. The summed E-state index contributed by atoms with van der Waals surface area (Å²) in [6.07, 6.45) is 3.43. The van der Waals surface area contributed by atoms with E-state index in [1.807, 2.05) is 0 Å². The van der Waals surface area contributed by atoms with Crippen LogP contribution >= 0.6 is 0 Å². The first-order valence-corrected chi connectivity index (χ1v) is 7.07. The van der Waals surface area contributed by atoms with E-state index in [9.17, 15) is 25.3 Å². The number of aromatic hydroxyl groups is 1. The molecule has 25 heavy (non-hydrogen) atoms. The molecular weight excluding hydrogens is 328 g/mol. The number of hydrogen-bond donors (Lipinski definition) is 2. The highest BCUT2D eigenvalue weighted by Crippen LogP contribution is 2.29. The van der Waals surface area contributed by atoms with E-state index in [0.717, 1.165) is 12.1 Å². The van der Waals surface area contributed by atoms with Crippen LogP contribution < -0.4 is 5.43 Å². The number of rotatable bonds is 7. The number of nitro benzene ring substituents is 2. The van der Waals surface area contributed by atoms with Crippen LogP contribution in [0.5, 0.6) is 5.75 Å². The summed E-state index contributed by atoms with van der Waals surface area (Å²) in [5, 5.41) is 35.7. The van der Waals surface area contributed by atoms with E-state index in [0.29, 0.717) is 17.5 Å². The highest BCUT2D eigenvalue weighted by Gasteiger charge is 2.19. The summed E-state index contributed by atoms with van der Waals surface area (Å²) < 4.78 is 0. The number of nitro groups is 2. The topological polar surface area (TPSA) is 131 Å². The van der Waals surface area contributed by atoms with Crippen LogP contribution in [0, 0.1) is 20.2 Å². The summed E-state index contributed by atoms with van der Waals surface area (Å²) in [6.45, 7) is 3.61. The van der Waals surface area contributed by atoms with Gasteiger partial charge in [-0.3, -0.25) is 25.7 Å². The molecule has 0 bridgehead atoms. The minimum absolute atomic E-state index is 0.00594. The molecule has 2 rings (SSSR count). The van der Waals surface area contributed by atoms with Crippen molar-refractivity contribution in [2.45, 2.75) is 6.42 Å². The first kappa shape index (κ1) is 17.6. The van der Waals surface area contributed by atoms with Crippen molar-refractivity contribution in [3.05, 3.63) is 80.4 Å². The van der Waals surface area contributed by atoms with Gasteiger partial charge < -0.3 is 5.11 Å². The molecule has 0 aliphatic heterocycles. The fourth-order valence-electron chi connectivity index (χ4n) is 2.09. The predicted molar refractivity (Wildman–Crippen MR) is 93.0 cm³/mol. The molecule has 0 saturated heterocycles. The quantitative estimate of drug-likeness (QED) is 0.343. The summed E-state index contributed by atoms with van der Waals surface area (Å²) >= 11 is 0. The molecule has 9 heteroatoms. The van der Waals surface area contributed by atoms with Crippen molar-refractivity contribution < 1.29 is 15.0 Å². The summed E-state index contributed by atoms with van der Waals surface area (Å²) in [4.78, 5) is 20.3. The minimum Gasteiger partial charge on any atom is -0.507 e. The van der Waals surface area contributed by atoms with Crippen LogP contribution in [-0.4, -0.2) is 21.2 Å². The van der Waals surface area contributed by atoms with Gasteiger partial charge in [0.2, 0.25) is 0 Å². The number of non-ortho nitro benzene ring substituents is 1. The number of nitrogens with one attached hydrogen (secondary N) is 1. The highest BCUT2D eigenvalue weighted by atomic mass is 16.6. The molecule has 9 nitrogen and oxygen atoms in total. The van der Waals surface area contributed by atoms with Crippen LogP contribution in [0.4, 0.5) is 17.1 Å². The fraction of sp³-hybridized carbons (Fsp3) is 0.0625. The molecule has 0 spiro atoms. The second-order valence-electron chi connectivity index (χ2n) is 4.93. The van der Waals surface area contributed by atoms with Gasteiger partial charge >= 0.3 is 5.69 Å². The molecule has 0 heterocycles. The molecule has 0 aromatic heterocycles. The second-order valence-corrected chi connectivity index (χ2v) is 4.93. The summed E-state index contributed by atoms with van der Waals surface area (Å²) in [5.74, 6) is 0.0335. The van der Waals surface area contributed by atoms with Crippen LogP contribution in [-0.2, 0) is 6.42 Å². The molecule has 2 N–H and O–H groups in total. The van der Waals surface area contributed by atoms with Gasteiger partial charge in [0.15, 0.2) is 0 Å². The van der Waals surface area contributed by atoms with Crippen LogP contribution in [0.25, 0.3) is 0 Å². The molecular formula is C16H14N4O5. The zero-order valence-electron chi connectivity index (χ0n) is 13.0. The van der Waals surface area contributed by atoms with Gasteiger partial charge in [0.05, 0.1) is 22.1 Å². The lowest BCUT2D eigenvalue weighted by molar-refractivity contribution is -0.393. The monoisotopic (exact) mass is 342 g/mol. The lowest BCUT2D eigenvalue weighted by atomic mass is 10.1. The largest absolute Gasteiger partial charge is 0.507 e. The molecule has 0 atom stereocenters. The number of hydrazone groups is 1. The normalized spacial score (nSPS) is 10.6. The molecule has 0 saturated carbocycles. The highest BCUT2D eigenvalue weighted by molar-refractivity contribution is 5.85. The van der Waals surface area contributed by atoms with E-state index in [1.165, 1.54) is 12.3 Å². The predicted octanol–water partition coefficient (Wildman–Crippen LogP) is 3.38. The van der Waals surface area contributed by atoms with E-state index in [4.69, 9.17) is 0 Å². The van der Waals surface area contributed by atoms with E-state index in [1.54, 1.807) is 24.3 Å². The van der Waals surface area contributed by atoms with Gasteiger partial charge in [0.25, 0.3) is 5.69 Å². The Morgan fingerprint density at radius 1 is 1.20 bits per heavy atom. The zero-order chi connectivity index (χ0) is 18.4. The molecule has 0 aliphatic carbocycles. The van der Waals surface area contributed by atoms with E-state index in [-0.39, 0.29) is 11.4 Å². The van der Waals surface area contributed by atoms with Gasteiger partial charge in [0.1, 0.15) is 11.4 Å². The molecule has 0 fully saturated rings. The van der Waals surface area contributed by atoms with Gasteiger partial charge in [-0.15, -0.1) is 6.58 Å². The van der Waals surface area contributed by atoms with Gasteiger partial charge in [-0.25, -0.2) is 0 Å². The van der Waals surface area contributed by atoms with E-state index < -0.39 is 21.2 Å². The Morgan fingerprint density at radius 3 is 2.60 bits per heavy atom. The van der Waals surface area contributed by atoms with Gasteiger partial charge in [0, 0.05) is 11.6 Å². The third-order valence-electron chi connectivity index (χ3n) is 3.29.